The van der Waals surface area contributed by atoms with Gasteiger partial charge in [-0.3, -0.25) is 4.98 Å². The number of pyridine rings is 1. The van der Waals surface area contributed by atoms with Crippen molar-refractivity contribution in [2.24, 2.45) is 0 Å². The van der Waals surface area contributed by atoms with Gasteiger partial charge in [0.05, 0.1) is 23.3 Å². The van der Waals surface area contributed by atoms with E-state index in [9.17, 15) is 13.2 Å². The molecule has 1 aromatic heterocycles. The van der Waals surface area contributed by atoms with Crippen LogP contribution in [0, 0.1) is 11.3 Å². The van der Waals surface area contributed by atoms with E-state index >= 15 is 0 Å². The Balaban J connectivity index is 1.75. The zero-order chi connectivity index (χ0) is 17.9. The highest BCUT2D eigenvalue weighted by atomic mass is 19.4. The van der Waals surface area contributed by atoms with Gasteiger partial charge >= 0.3 is 6.18 Å². The van der Waals surface area contributed by atoms with Crippen molar-refractivity contribution in [2.75, 3.05) is 11.9 Å². The lowest BCUT2D eigenvalue weighted by Gasteiger charge is -2.31. The third kappa shape index (κ3) is 4.09. The Hall–Kier alpha value is -2.59. The Morgan fingerprint density at radius 2 is 2.12 bits per heavy atom. The van der Waals surface area contributed by atoms with Gasteiger partial charge in [0.25, 0.3) is 0 Å². The number of hydrogen-bond acceptors (Lipinski definition) is 4. The van der Waals surface area contributed by atoms with E-state index in [2.05, 4.69) is 10.3 Å². The van der Waals surface area contributed by atoms with Crippen LogP contribution >= 0.6 is 0 Å². The molecule has 2 atom stereocenters. The minimum atomic E-state index is -4.56. The lowest BCUT2D eigenvalue weighted by molar-refractivity contribution is -0.137. The third-order valence-corrected chi connectivity index (χ3v) is 4.16. The Labute approximate surface area is 143 Å². The van der Waals surface area contributed by atoms with Crippen LogP contribution in [0.15, 0.2) is 42.7 Å². The number of alkyl halides is 3. The monoisotopic (exact) mass is 347 g/mol. The van der Waals surface area contributed by atoms with Crippen LogP contribution in [-0.4, -0.2) is 17.6 Å². The van der Waals surface area contributed by atoms with E-state index < -0.39 is 11.7 Å². The summed E-state index contributed by atoms with van der Waals surface area (Å²) in [5.41, 5.74) is 0.00195. The fourth-order valence-electron chi connectivity index (χ4n) is 2.93. The molecule has 1 saturated heterocycles. The zero-order valence-corrected chi connectivity index (χ0v) is 13.3. The molecule has 0 radical (unpaired) electrons. The summed E-state index contributed by atoms with van der Waals surface area (Å²) in [7, 11) is 0. The molecule has 1 aromatic carbocycles. The lowest BCUT2D eigenvalue weighted by Crippen LogP contribution is -2.30. The van der Waals surface area contributed by atoms with Crippen LogP contribution in [0.4, 0.5) is 18.9 Å². The fourth-order valence-corrected chi connectivity index (χ4v) is 2.93. The van der Waals surface area contributed by atoms with Crippen molar-refractivity contribution in [3.8, 4) is 6.07 Å². The molecule has 7 heteroatoms. The molecule has 0 spiro atoms. The van der Waals surface area contributed by atoms with Crippen LogP contribution in [0.5, 0.6) is 0 Å². The summed E-state index contributed by atoms with van der Waals surface area (Å²) in [5.74, 6) is 0. The average molecular weight is 347 g/mol. The Bertz CT molecular complexity index is 771. The van der Waals surface area contributed by atoms with Crippen LogP contribution in [0.2, 0.25) is 0 Å². The zero-order valence-electron chi connectivity index (χ0n) is 13.3. The predicted molar refractivity (Wildman–Crippen MR) is 85.7 cm³/mol. The second-order valence-corrected chi connectivity index (χ2v) is 5.88. The number of aromatic nitrogens is 1. The minimum Gasteiger partial charge on any atom is -0.382 e. The van der Waals surface area contributed by atoms with Gasteiger partial charge in [0.2, 0.25) is 0 Å². The van der Waals surface area contributed by atoms with E-state index in [4.69, 9.17) is 10.00 Å². The first-order chi connectivity index (χ1) is 12.0. The number of rotatable bonds is 3. The molecule has 0 amide bonds. The number of ether oxygens (including phenoxy) is 1. The van der Waals surface area contributed by atoms with Crippen molar-refractivity contribution >= 4 is 5.69 Å². The maximum Gasteiger partial charge on any atom is 0.417 e. The summed E-state index contributed by atoms with van der Waals surface area (Å²) in [6.45, 7) is 0.514. The first kappa shape index (κ1) is 17.2. The molecule has 2 heterocycles. The summed E-state index contributed by atoms with van der Waals surface area (Å²) in [6.07, 6.45) is 0.0379. The number of halogens is 3. The summed E-state index contributed by atoms with van der Waals surface area (Å²) in [5, 5.41) is 12.0. The highest BCUT2D eigenvalue weighted by Gasteiger charge is 2.34. The third-order valence-electron chi connectivity index (χ3n) is 4.16. The smallest absolute Gasteiger partial charge is 0.382 e. The molecule has 1 N–H and O–H groups in total. The second-order valence-electron chi connectivity index (χ2n) is 5.88. The Morgan fingerprint density at radius 3 is 2.80 bits per heavy atom. The summed E-state index contributed by atoms with van der Waals surface area (Å²) < 4.78 is 45.0. The molecule has 25 heavy (non-hydrogen) atoms. The molecule has 2 aromatic rings. The number of nitriles is 1. The van der Waals surface area contributed by atoms with Crippen LogP contribution in [-0.2, 0) is 10.9 Å². The SMILES string of the molecule is N#Cc1ccc(NC2CCOC(c3cccnc3)C2)cc1C(F)(F)F. The van der Waals surface area contributed by atoms with Crippen molar-refractivity contribution in [2.45, 2.75) is 31.2 Å². The molecule has 130 valence electrons. The largest absolute Gasteiger partial charge is 0.417 e. The maximum atomic E-state index is 13.1. The van der Waals surface area contributed by atoms with Gasteiger partial charge in [-0.1, -0.05) is 6.07 Å². The van der Waals surface area contributed by atoms with Gasteiger partial charge in [-0.05, 0) is 42.7 Å². The minimum absolute atomic E-state index is 0.0204. The number of anilines is 1. The van der Waals surface area contributed by atoms with E-state index in [1.54, 1.807) is 18.5 Å². The first-order valence-electron chi connectivity index (χ1n) is 7.87. The molecule has 1 aliphatic rings. The molecule has 0 bridgehead atoms. The molecule has 1 aliphatic heterocycles. The molecule has 4 nitrogen and oxygen atoms in total. The molecular weight excluding hydrogens is 331 g/mol. The molecule has 0 saturated carbocycles. The summed E-state index contributed by atoms with van der Waals surface area (Å²) in [4.78, 5) is 4.07. The average Bonchev–Trinajstić information content (AvgIpc) is 2.62. The lowest BCUT2D eigenvalue weighted by atomic mass is 9.98. The van der Waals surface area contributed by atoms with E-state index in [1.807, 2.05) is 12.1 Å². The van der Waals surface area contributed by atoms with Crippen molar-refractivity contribution < 1.29 is 17.9 Å². The Kier molecular flexibility index (Phi) is 4.91. The van der Waals surface area contributed by atoms with Gasteiger partial charge in [-0.15, -0.1) is 0 Å². The Morgan fingerprint density at radius 1 is 1.28 bits per heavy atom. The standard InChI is InChI=1S/C18H16F3N3O/c19-18(20,21)16-8-14(4-3-12(16)10-22)24-15-5-7-25-17(9-15)13-2-1-6-23-11-13/h1-4,6,8,11,15,17,24H,5,7,9H2. The number of hydrogen-bond donors (Lipinski definition) is 1. The molecule has 2 unspecified atom stereocenters. The van der Waals surface area contributed by atoms with Crippen molar-refractivity contribution in [1.29, 1.82) is 5.26 Å². The van der Waals surface area contributed by atoms with Crippen LogP contribution < -0.4 is 5.32 Å². The van der Waals surface area contributed by atoms with E-state index in [1.165, 1.54) is 12.1 Å². The topological polar surface area (TPSA) is 57.9 Å². The predicted octanol–water partition coefficient (Wildman–Crippen LogP) is 4.30. The van der Waals surface area contributed by atoms with E-state index in [0.29, 0.717) is 25.1 Å². The fraction of sp³-hybridized carbons (Fsp3) is 0.333. The van der Waals surface area contributed by atoms with Gasteiger partial charge in [-0.2, -0.15) is 18.4 Å². The summed E-state index contributed by atoms with van der Waals surface area (Å²) >= 11 is 0. The number of nitrogens with one attached hydrogen (secondary N) is 1. The number of benzene rings is 1. The van der Waals surface area contributed by atoms with Crippen molar-refractivity contribution in [3.63, 3.8) is 0 Å². The van der Waals surface area contributed by atoms with Gasteiger partial charge in [0.1, 0.15) is 0 Å². The van der Waals surface area contributed by atoms with Crippen molar-refractivity contribution in [3.05, 3.63) is 59.4 Å². The number of nitrogens with zero attached hydrogens (tertiary/aromatic N) is 2. The molecule has 0 aliphatic carbocycles. The van der Waals surface area contributed by atoms with Gasteiger partial charge < -0.3 is 10.1 Å². The normalized spacial score (nSPS) is 20.7. The highest BCUT2D eigenvalue weighted by molar-refractivity contribution is 5.53. The first-order valence-corrected chi connectivity index (χ1v) is 7.87. The van der Waals surface area contributed by atoms with Gasteiger partial charge in [0, 0.05) is 30.7 Å². The quantitative estimate of drug-likeness (QED) is 0.899. The maximum absolute atomic E-state index is 13.1. The second kappa shape index (κ2) is 7.11. The van der Waals surface area contributed by atoms with Crippen LogP contribution in [0.3, 0.4) is 0 Å². The van der Waals surface area contributed by atoms with Gasteiger partial charge in [0.15, 0.2) is 0 Å². The van der Waals surface area contributed by atoms with Gasteiger partial charge in [-0.25, -0.2) is 0 Å². The molecule has 1 fully saturated rings. The molecular formula is C18H16F3N3O. The van der Waals surface area contributed by atoms with Crippen molar-refractivity contribution in [1.82, 2.24) is 4.98 Å². The van der Waals surface area contributed by atoms with Crippen LogP contribution in [0.1, 0.15) is 35.6 Å². The molecule has 3 rings (SSSR count). The highest BCUT2D eigenvalue weighted by Crippen LogP contribution is 2.35. The van der Waals surface area contributed by atoms with Crippen LogP contribution in [0.25, 0.3) is 0 Å². The summed E-state index contributed by atoms with van der Waals surface area (Å²) in [6, 6.07) is 9.00. The van der Waals surface area contributed by atoms with E-state index in [0.717, 1.165) is 11.6 Å². The van der Waals surface area contributed by atoms with E-state index in [-0.39, 0.29) is 17.7 Å².